The number of nitrogens with one attached hydrogen (secondary N) is 1. The molecule has 1 amide bonds. The monoisotopic (exact) mass is 336 g/mol. The number of rotatable bonds is 4. The minimum atomic E-state index is -0.992. The first-order valence-electron chi connectivity index (χ1n) is 5.91. The van der Waals surface area contributed by atoms with E-state index in [4.69, 9.17) is 5.11 Å². The van der Waals surface area contributed by atoms with Crippen molar-refractivity contribution in [2.24, 2.45) is 0 Å². The van der Waals surface area contributed by atoms with Gasteiger partial charge in [0, 0.05) is 16.4 Å². The molecule has 0 bridgehead atoms. The Labute approximate surface area is 124 Å². The van der Waals surface area contributed by atoms with Crippen molar-refractivity contribution in [2.75, 3.05) is 5.32 Å². The fourth-order valence-corrected chi connectivity index (χ4v) is 2.52. The van der Waals surface area contributed by atoms with Crippen molar-refractivity contribution in [1.82, 2.24) is 4.57 Å². The second-order valence-corrected chi connectivity index (χ2v) is 5.30. The zero-order chi connectivity index (χ0) is 14.7. The molecule has 1 aromatic heterocycles. The van der Waals surface area contributed by atoms with E-state index in [1.807, 2.05) is 19.1 Å². The molecule has 6 heteroatoms. The van der Waals surface area contributed by atoms with E-state index in [1.54, 1.807) is 24.4 Å². The number of carbonyl (C=O) groups excluding carboxylic acids is 1. The van der Waals surface area contributed by atoms with E-state index in [2.05, 4.69) is 21.2 Å². The lowest BCUT2D eigenvalue weighted by atomic mass is 10.2. The molecule has 0 radical (unpaired) electrons. The van der Waals surface area contributed by atoms with Crippen LogP contribution in [-0.4, -0.2) is 21.6 Å². The Kier molecular flexibility index (Phi) is 4.24. The molecule has 0 fully saturated rings. The lowest BCUT2D eigenvalue weighted by Crippen LogP contribution is -2.19. The molecule has 104 valence electrons. The molecule has 0 aliphatic heterocycles. The van der Waals surface area contributed by atoms with E-state index in [0.717, 1.165) is 10.0 Å². The van der Waals surface area contributed by atoms with Gasteiger partial charge in [-0.05, 0) is 42.8 Å². The number of aromatic nitrogens is 1. The number of carboxylic acid groups (broad SMARTS) is 1. The molecule has 0 saturated heterocycles. The van der Waals surface area contributed by atoms with Gasteiger partial charge in [0.25, 0.3) is 5.91 Å². The largest absolute Gasteiger partial charge is 0.480 e. The number of halogens is 1. The van der Waals surface area contributed by atoms with E-state index in [0.29, 0.717) is 11.4 Å². The summed E-state index contributed by atoms with van der Waals surface area (Å²) in [5.41, 5.74) is 1.98. The molecular formula is C14H13BrN2O3. The number of aliphatic carboxylic acids is 1. The molecule has 0 spiro atoms. The summed E-state index contributed by atoms with van der Waals surface area (Å²) in [6.07, 6.45) is 1.56. The maximum absolute atomic E-state index is 12.2. The summed E-state index contributed by atoms with van der Waals surface area (Å²) in [7, 11) is 0. The van der Waals surface area contributed by atoms with Crippen molar-refractivity contribution in [3.63, 3.8) is 0 Å². The first-order chi connectivity index (χ1) is 9.45. The number of nitrogens with zero attached hydrogens (tertiary/aromatic N) is 1. The minimum absolute atomic E-state index is 0.243. The SMILES string of the molecule is Cc1cc(Br)cc(NC(=O)c2cccn2CC(=O)O)c1. The Morgan fingerprint density at radius 3 is 2.75 bits per heavy atom. The summed E-state index contributed by atoms with van der Waals surface area (Å²) in [5, 5.41) is 11.6. The molecule has 2 aromatic rings. The Bertz CT molecular complexity index is 644. The van der Waals surface area contributed by atoms with Crippen molar-refractivity contribution < 1.29 is 14.7 Å². The fourth-order valence-electron chi connectivity index (χ4n) is 1.91. The summed E-state index contributed by atoms with van der Waals surface area (Å²) in [6, 6.07) is 8.79. The maximum atomic E-state index is 12.2. The van der Waals surface area contributed by atoms with Crippen LogP contribution in [0, 0.1) is 6.92 Å². The predicted octanol–water partition coefficient (Wildman–Crippen LogP) is 2.90. The number of aryl methyl sites for hydroxylation is 1. The van der Waals surface area contributed by atoms with Gasteiger partial charge in [0.15, 0.2) is 0 Å². The molecule has 0 unspecified atom stereocenters. The van der Waals surface area contributed by atoms with Crippen molar-refractivity contribution in [2.45, 2.75) is 13.5 Å². The molecule has 2 rings (SSSR count). The zero-order valence-corrected chi connectivity index (χ0v) is 12.3. The van der Waals surface area contributed by atoms with Crippen molar-refractivity contribution in [1.29, 1.82) is 0 Å². The van der Waals surface area contributed by atoms with Gasteiger partial charge in [0.1, 0.15) is 12.2 Å². The first-order valence-corrected chi connectivity index (χ1v) is 6.70. The van der Waals surface area contributed by atoms with Crippen molar-refractivity contribution >= 4 is 33.5 Å². The topological polar surface area (TPSA) is 71.3 Å². The summed E-state index contributed by atoms with van der Waals surface area (Å²) < 4.78 is 2.26. The summed E-state index contributed by atoms with van der Waals surface area (Å²) >= 11 is 3.36. The van der Waals surface area contributed by atoms with E-state index >= 15 is 0 Å². The Hall–Kier alpha value is -2.08. The van der Waals surface area contributed by atoms with Crippen molar-refractivity contribution in [3.05, 3.63) is 52.3 Å². The number of amides is 1. The number of anilines is 1. The van der Waals surface area contributed by atoms with Crippen LogP contribution < -0.4 is 5.32 Å². The fraction of sp³-hybridized carbons (Fsp3) is 0.143. The lowest BCUT2D eigenvalue weighted by Gasteiger charge is -2.09. The van der Waals surface area contributed by atoms with Crippen LogP contribution in [0.5, 0.6) is 0 Å². The summed E-state index contributed by atoms with van der Waals surface area (Å²) in [4.78, 5) is 22.9. The van der Waals surface area contributed by atoms with Gasteiger partial charge in [0.05, 0.1) is 0 Å². The van der Waals surface area contributed by atoms with Crippen LogP contribution in [0.25, 0.3) is 0 Å². The van der Waals surface area contributed by atoms with Gasteiger partial charge in [-0.25, -0.2) is 0 Å². The third-order valence-corrected chi connectivity index (χ3v) is 3.13. The van der Waals surface area contributed by atoms with Crippen LogP contribution in [0.1, 0.15) is 16.1 Å². The third-order valence-electron chi connectivity index (χ3n) is 2.67. The van der Waals surface area contributed by atoms with E-state index in [-0.39, 0.29) is 12.5 Å². The minimum Gasteiger partial charge on any atom is -0.480 e. The highest BCUT2D eigenvalue weighted by atomic mass is 79.9. The molecule has 0 saturated carbocycles. The maximum Gasteiger partial charge on any atom is 0.323 e. The van der Waals surface area contributed by atoms with Gasteiger partial charge >= 0.3 is 5.97 Å². The molecule has 0 aliphatic rings. The average molecular weight is 337 g/mol. The molecule has 1 heterocycles. The van der Waals surface area contributed by atoms with E-state index in [1.165, 1.54) is 4.57 Å². The molecule has 2 N–H and O–H groups in total. The molecular weight excluding hydrogens is 324 g/mol. The van der Waals surface area contributed by atoms with Crippen LogP contribution in [0.15, 0.2) is 41.0 Å². The quantitative estimate of drug-likeness (QED) is 0.901. The third kappa shape index (κ3) is 3.48. The number of benzene rings is 1. The average Bonchev–Trinajstić information content (AvgIpc) is 2.74. The summed E-state index contributed by atoms with van der Waals surface area (Å²) in [6.45, 7) is 1.68. The van der Waals surface area contributed by atoms with Gasteiger partial charge in [-0.15, -0.1) is 0 Å². The van der Waals surface area contributed by atoms with Crippen LogP contribution in [0.2, 0.25) is 0 Å². The van der Waals surface area contributed by atoms with Crippen LogP contribution in [-0.2, 0) is 11.3 Å². The number of carboxylic acids is 1. The number of hydrogen-bond donors (Lipinski definition) is 2. The van der Waals surface area contributed by atoms with Gasteiger partial charge < -0.3 is 15.0 Å². The Balaban J connectivity index is 2.20. The molecule has 20 heavy (non-hydrogen) atoms. The smallest absolute Gasteiger partial charge is 0.323 e. The highest BCUT2D eigenvalue weighted by molar-refractivity contribution is 9.10. The molecule has 0 aliphatic carbocycles. The van der Waals surface area contributed by atoms with Gasteiger partial charge in [-0.3, -0.25) is 9.59 Å². The van der Waals surface area contributed by atoms with Gasteiger partial charge in [0.2, 0.25) is 0 Å². The number of hydrogen-bond acceptors (Lipinski definition) is 2. The van der Waals surface area contributed by atoms with Crippen LogP contribution >= 0.6 is 15.9 Å². The second-order valence-electron chi connectivity index (χ2n) is 4.39. The number of carbonyl (C=O) groups is 2. The standard InChI is InChI=1S/C14H13BrN2O3/c1-9-5-10(15)7-11(6-9)16-14(20)12-3-2-4-17(12)8-13(18)19/h2-7H,8H2,1H3,(H,16,20)(H,18,19). The highest BCUT2D eigenvalue weighted by Gasteiger charge is 2.13. The first kappa shape index (κ1) is 14.3. The molecule has 1 aromatic carbocycles. The van der Waals surface area contributed by atoms with Crippen molar-refractivity contribution in [3.8, 4) is 0 Å². The molecule has 0 atom stereocenters. The van der Waals surface area contributed by atoms with E-state index < -0.39 is 5.97 Å². The second kappa shape index (κ2) is 5.92. The lowest BCUT2D eigenvalue weighted by molar-refractivity contribution is -0.137. The normalized spacial score (nSPS) is 10.3. The molecule has 5 nitrogen and oxygen atoms in total. The van der Waals surface area contributed by atoms with Gasteiger partial charge in [-0.2, -0.15) is 0 Å². The predicted molar refractivity (Wildman–Crippen MR) is 78.9 cm³/mol. The van der Waals surface area contributed by atoms with Crippen LogP contribution in [0.4, 0.5) is 5.69 Å². The highest BCUT2D eigenvalue weighted by Crippen LogP contribution is 2.19. The summed E-state index contributed by atoms with van der Waals surface area (Å²) in [5.74, 6) is -1.33. The van der Waals surface area contributed by atoms with E-state index in [9.17, 15) is 9.59 Å². The van der Waals surface area contributed by atoms with Crippen LogP contribution in [0.3, 0.4) is 0 Å². The Morgan fingerprint density at radius 1 is 1.35 bits per heavy atom. The van der Waals surface area contributed by atoms with Gasteiger partial charge in [-0.1, -0.05) is 15.9 Å². The Morgan fingerprint density at radius 2 is 2.10 bits per heavy atom. The zero-order valence-electron chi connectivity index (χ0n) is 10.8.